The van der Waals surface area contributed by atoms with Crippen LogP contribution >= 0.6 is 0 Å². The number of ether oxygens (including phenoxy) is 4. The van der Waals surface area contributed by atoms with Crippen LogP contribution in [0.4, 0.5) is 0 Å². The van der Waals surface area contributed by atoms with Crippen molar-refractivity contribution < 1.29 is 54.4 Å². The van der Waals surface area contributed by atoms with Crippen LogP contribution in [0.3, 0.4) is 0 Å². The molecule has 9 atom stereocenters. The molecule has 1 spiro atoms. The van der Waals surface area contributed by atoms with Gasteiger partial charge in [0.1, 0.15) is 25.0 Å². The van der Waals surface area contributed by atoms with Gasteiger partial charge >= 0.3 is 0 Å². The third-order valence-corrected chi connectivity index (χ3v) is 5.51. The van der Waals surface area contributed by atoms with Crippen molar-refractivity contribution in [2.24, 2.45) is 5.92 Å². The van der Waals surface area contributed by atoms with Gasteiger partial charge in [-0.3, -0.25) is 4.79 Å². The molecule has 12 heteroatoms. The van der Waals surface area contributed by atoms with Crippen LogP contribution in [-0.4, -0.2) is 119 Å². The van der Waals surface area contributed by atoms with Gasteiger partial charge in [-0.1, -0.05) is 0 Å². The Morgan fingerprint density at radius 3 is 2.40 bits per heavy atom. The lowest BCUT2D eigenvalue weighted by Crippen LogP contribution is -2.73. The average Bonchev–Trinajstić information content (AvgIpc) is 2.72. The Bertz CT molecular complexity index is 536. The number of rotatable bonds is 4. The molecule has 1 amide bonds. The molecular formula is C18H33NO11. The molecular weight excluding hydrogens is 406 g/mol. The minimum absolute atomic E-state index is 0.136. The maximum atomic E-state index is 12.8. The number of hydrogen-bond donors (Lipinski definition) is 7. The molecule has 3 fully saturated rings. The number of carbonyl (C=O) groups excluding carboxylic acids is 1. The molecule has 3 heterocycles. The molecule has 12 nitrogen and oxygen atoms in total. The fraction of sp³-hybridized carbons (Fsp3) is 0.944. The van der Waals surface area contributed by atoms with E-state index in [1.807, 2.05) is 0 Å². The monoisotopic (exact) mass is 439 g/mol. The Morgan fingerprint density at radius 1 is 1.17 bits per heavy atom. The number of methoxy groups -OCH3 is 1. The molecule has 0 saturated carbocycles. The van der Waals surface area contributed by atoms with Crippen molar-refractivity contribution in [2.75, 3.05) is 33.7 Å². The topological polar surface area (TPSA) is 187 Å². The van der Waals surface area contributed by atoms with Gasteiger partial charge < -0.3 is 54.9 Å². The summed E-state index contributed by atoms with van der Waals surface area (Å²) >= 11 is 0. The summed E-state index contributed by atoms with van der Waals surface area (Å²) in [5.74, 6) is -1.69. The van der Waals surface area contributed by atoms with E-state index in [9.17, 15) is 30.3 Å². The Labute approximate surface area is 174 Å². The van der Waals surface area contributed by atoms with Gasteiger partial charge in [-0.15, -0.1) is 0 Å². The third kappa shape index (κ3) is 4.93. The predicted octanol–water partition coefficient (Wildman–Crippen LogP) is -3.57. The molecule has 7 N–H and O–H groups in total. The van der Waals surface area contributed by atoms with E-state index in [0.717, 1.165) is 0 Å². The summed E-state index contributed by atoms with van der Waals surface area (Å²) in [4.78, 5) is 12.8. The van der Waals surface area contributed by atoms with Gasteiger partial charge in [0.2, 0.25) is 0 Å². The average molecular weight is 439 g/mol. The molecule has 9 unspecified atom stereocenters. The highest BCUT2D eigenvalue weighted by Crippen LogP contribution is 2.42. The molecule has 176 valence electrons. The van der Waals surface area contributed by atoms with E-state index in [1.54, 1.807) is 6.92 Å². The van der Waals surface area contributed by atoms with Crippen LogP contribution in [0.5, 0.6) is 0 Å². The number of aliphatic hydroxyl groups excluding tert-OH is 6. The van der Waals surface area contributed by atoms with E-state index in [4.69, 9.17) is 24.1 Å². The van der Waals surface area contributed by atoms with Gasteiger partial charge in [0.25, 0.3) is 5.91 Å². The Hall–Kier alpha value is -0.930. The number of nitrogens with one attached hydrogen (secondary N) is 1. The first-order valence-corrected chi connectivity index (χ1v) is 9.92. The van der Waals surface area contributed by atoms with Crippen molar-refractivity contribution >= 4 is 5.91 Å². The summed E-state index contributed by atoms with van der Waals surface area (Å²) < 4.78 is 21.9. The SMILES string of the molecule is CCO.COC1OC(CO)C(O)C(C2OCNC(=O)C23CC(O)CC(CO)O3)C1O. The maximum Gasteiger partial charge on any atom is 0.256 e. The van der Waals surface area contributed by atoms with Gasteiger partial charge in [-0.2, -0.15) is 0 Å². The lowest BCUT2D eigenvalue weighted by molar-refractivity contribution is -0.318. The first kappa shape index (κ1) is 25.3. The molecule has 0 aliphatic carbocycles. The number of carbonyl (C=O) groups is 1. The summed E-state index contributed by atoms with van der Waals surface area (Å²) in [6.07, 6.45) is -7.96. The van der Waals surface area contributed by atoms with Crippen LogP contribution in [0.15, 0.2) is 0 Å². The summed E-state index contributed by atoms with van der Waals surface area (Å²) in [5, 5.41) is 60.7. The molecule has 0 aromatic carbocycles. The van der Waals surface area contributed by atoms with E-state index in [0.29, 0.717) is 0 Å². The molecule has 3 aliphatic heterocycles. The van der Waals surface area contributed by atoms with Crippen molar-refractivity contribution in [1.29, 1.82) is 0 Å². The van der Waals surface area contributed by atoms with Gasteiger partial charge in [-0.05, 0) is 6.92 Å². The lowest BCUT2D eigenvalue weighted by atomic mass is 9.72. The minimum atomic E-state index is -1.73. The molecule has 0 radical (unpaired) electrons. The van der Waals surface area contributed by atoms with Crippen molar-refractivity contribution in [2.45, 2.75) is 68.3 Å². The van der Waals surface area contributed by atoms with Crippen LogP contribution in [0, 0.1) is 5.92 Å². The highest BCUT2D eigenvalue weighted by Gasteiger charge is 2.62. The number of hydrogen-bond acceptors (Lipinski definition) is 11. The molecule has 3 aliphatic rings. The molecule has 3 rings (SSSR count). The standard InChI is InChI=1S/C16H27NO10.C2H6O/c1-24-14-12(22)10(11(21)9(5-19)26-14)13-16(15(23)17-6-25-13)3-7(20)2-8(4-18)27-16;1-2-3/h7-14,18-22H,2-6H2,1H3,(H,17,23);3H,2H2,1H3. The van der Waals surface area contributed by atoms with E-state index in [-0.39, 0.29) is 26.2 Å². The van der Waals surface area contributed by atoms with Gasteiger partial charge in [0.05, 0.1) is 31.5 Å². The second kappa shape index (κ2) is 11.1. The first-order chi connectivity index (χ1) is 14.3. The van der Waals surface area contributed by atoms with E-state index < -0.39 is 73.6 Å². The van der Waals surface area contributed by atoms with Gasteiger partial charge in [0.15, 0.2) is 11.9 Å². The number of amides is 1. The smallest absolute Gasteiger partial charge is 0.256 e. The lowest BCUT2D eigenvalue weighted by Gasteiger charge is -2.53. The van der Waals surface area contributed by atoms with Crippen LogP contribution in [0.2, 0.25) is 0 Å². The summed E-state index contributed by atoms with van der Waals surface area (Å²) in [7, 11) is 1.30. The van der Waals surface area contributed by atoms with Crippen molar-refractivity contribution in [1.82, 2.24) is 5.32 Å². The third-order valence-electron chi connectivity index (χ3n) is 5.51. The van der Waals surface area contributed by atoms with Gasteiger partial charge in [0, 0.05) is 32.5 Å². The second-order valence-corrected chi connectivity index (χ2v) is 7.48. The van der Waals surface area contributed by atoms with E-state index >= 15 is 0 Å². The maximum absolute atomic E-state index is 12.8. The quantitative estimate of drug-likeness (QED) is 0.230. The van der Waals surface area contributed by atoms with Crippen molar-refractivity contribution in [3.05, 3.63) is 0 Å². The fourth-order valence-corrected chi connectivity index (χ4v) is 4.27. The van der Waals surface area contributed by atoms with Crippen molar-refractivity contribution in [3.8, 4) is 0 Å². The molecule has 0 bridgehead atoms. The molecule has 30 heavy (non-hydrogen) atoms. The Kier molecular flexibility index (Phi) is 9.36. The second-order valence-electron chi connectivity index (χ2n) is 7.48. The normalized spacial score (nSPS) is 44.2. The van der Waals surface area contributed by atoms with Crippen molar-refractivity contribution in [3.63, 3.8) is 0 Å². The molecule has 3 saturated heterocycles. The zero-order chi connectivity index (χ0) is 22.5. The van der Waals surface area contributed by atoms with Crippen LogP contribution in [0.25, 0.3) is 0 Å². The highest BCUT2D eigenvalue weighted by molar-refractivity contribution is 5.87. The summed E-state index contributed by atoms with van der Waals surface area (Å²) in [6.45, 7) is 0.781. The molecule has 0 aromatic rings. The van der Waals surface area contributed by atoms with E-state index in [2.05, 4.69) is 5.32 Å². The molecule has 0 aromatic heterocycles. The zero-order valence-electron chi connectivity index (χ0n) is 17.1. The van der Waals surface area contributed by atoms with Gasteiger partial charge in [-0.25, -0.2) is 0 Å². The van der Waals surface area contributed by atoms with E-state index in [1.165, 1.54) is 7.11 Å². The fourth-order valence-electron chi connectivity index (χ4n) is 4.27. The van der Waals surface area contributed by atoms with Crippen LogP contribution in [0.1, 0.15) is 19.8 Å². The predicted molar refractivity (Wildman–Crippen MR) is 98.8 cm³/mol. The number of aliphatic hydroxyl groups is 6. The summed E-state index contributed by atoms with van der Waals surface area (Å²) in [6, 6.07) is 0. The van der Waals surface area contributed by atoms with Crippen LogP contribution < -0.4 is 5.32 Å². The largest absolute Gasteiger partial charge is 0.397 e. The summed E-state index contributed by atoms with van der Waals surface area (Å²) in [5.41, 5.74) is -1.73. The first-order valence-electron chi connectivity index (χ1n) is 9.92. The Morgan fingerprint density at radius 2 is 1.83 bits per heavy atom. The minimum Gasteiger partial charge on any atom is -0.397 e. The highest BCUT2D eigenvalue weighted by atomic mass is 16.7. The Balaban J connectivity index is 0.00000101. The van der Waals surface area contributed by atoms with Crippen LogP contribution in [-0.2, 0) is 23.7 Å². The zero-order valence-corrected chi connectivity index (χ0v) is 17.1.